The molecule has 1 aromatic rings. The summed E-state index contributed by atoms with van der Waals surface area (Å²) in [6.45, 7) is 2.58. The molecule has 0 spiro atoms. The molecular weight excluding hydrogens is 236 g/mol. The zero-order valence-electron chi connectivity index (χ0n) is 12.4. The Hall–Kier alpha value is -0.830. The fourth-order valence-corrected chi connectivity index (χ4v) is 3.40. The number of hydrogen-bond acceptors (Lipinski definition) is 2. The molecule has 3 heteroatoms. The van der Waals surface area contributed by atoms with Crippen molar-refractivity contribution in [2.75, 3.05) is 6.61 Å². The van der Waals surface area contributed by atoms with E-state index in [1.54, 1.807) is 0 Å². The van der Waals surface area contributed by atoms with Crippen molar-refractivity contribution in [2.45, 2.75) is 58.3 Å². The van der Waals surface area contributed by atoms with Gasteiger partial charge < -0.3 is 5.11 Å². The van der Waals surface area contributed by atoms with Gasteiger partial charge in [0.05, 0.1) is 5.69 Å². The second-order valence-electron chi connectivity index (χ2n) is 6.40. The first kappa shape index (κ1) is 14.6. The van der Waals surface area contributed by atoms with Crippen LogP contribution in [0.3, 0.4) is 0 Å². The highest BCUT2D eigenvalue weighted by Gasteiger charge is 2.35. The van der Waals surface area contributed by atoms with Gasteiger partial charge in [0, 0.05) is 19.9 Å². The highest BCUT2D eigenvalue weighted by molar-refractivity contribution is 5.04. The first-order chi connectivity index (χ1) is 9.17. The van der Waals surface area contributed by atoms with Crippen LogP contribution in [0.25, 0.3) is 0 Å². The maximum Gasteiger partial charge on any atom is 0.0630 e. The van der Waals surface area contributed by atoms with E-state index in [0.29, 0.717) is 6.61 Å². The third kappa shape index (κ3) is 3.82. The second-order valence-corrected chi connectivity index (χ2v) is 6.40. The molecule has 1 saturated carbocycles. The van der Waals surface area contributed by atoms with Crippen molar-refractivity contribution in [1.29, 1.82) is 0 Å². The number of hydrogen-bond donors (Lipinski definition) is 1. The molecule has 1 aromatic heterocycles. The van der Waals surface area contributed by atoms with Gasteiger partial charge in [0.25, 0.3) is 0 Å². The van der Waals surface area contributed by atoms with Crippen LogP contribution in [0.2, 0.25) is 0 Å². The van der Waals surface area contributed by atoms with Crippen LogP contribution in [-0.4, -0.2) is 21.5 Å². The topological polar surface area (TPSA) is 38.0 Å². The lowest BCUT2D eigenvalue weighted by Crippen LogP contribution is -2.33. The van der Waals surface area contributed by atoms with Gasteiger partial charge in [-0.15, -0.1) is 0 Å². The van der Waals surface area contributed by atoms with Crippen LogP contribution in [0.5, 0.6) is 0 Å². The van der Waals surface area contributed by atoms with Gasteiger partial charge in [-0.1, -0.05) is 26.2 Å². The fourth-order valence-electron chi connectivity index (χ4n) is 3.40. The SMILES string of the molecule is CCCCC1CCC(CO)(Cc2ccn(C)n2)CC1. The summed E-state index contributed by atoms with van der Waals surface area (Å²) in [5, 5.41) is 14.3. The Morgan fingerprint density at radius 1 is 1.42 bits per heavy atom. The summed E-state index contributed by atoms with van der Waals surface area (Å²) >= 11 is 0. The summed E-state index contributed by atoms with van der Waals surface area (Å²) in [5.41, 5.74) is 1.22. The zero-order valence-corrected chi connectivity index (χ0v) is 12.4. The molecule has 0 unspecified atom stereocenters. The minimum absolute atomic E-state index is 0.0943. The van der Waals surface area contributed by atoms with Gasteiger partial charge in [-0.3, -0.25) is 4.68 Å². The van der Waals surface area contributed by atoms with Crippen LogP contribution in [-0.2, 0) is 13.5 Å². The lowest BCUT2D eigenvalue weighted by molar-refractivity contribution is 0.0611. The highest BCUT2D eigenvalue weighted by Crippen LogP contribution is 2.42. The number of aryl methyl sites for hydroxylation is 1. The molecule has 1 heterocycles. The first-order valence-corrected chi connectivity index (χ1v) is 7.77. The largest absolute Gasteiger partial charge is 0.396 e. The maximum absolute atomic E-state index is 9.84. The van der Waals surface area contributed by atoms with Crippen molar-refractivity contribution in [3.05, 3.63) is 18.0 Å². The Labute approximate surface area is 117 Å². The Kier molecular flexibility index (Phi) is 5.03. The molecule has 108 valence electrons. The molecule has 0 aromatic carbocycles. The lowest BCUT2D eigenvalue weighted by Gasteiger charge is -2.38. The molecule has 19 heavy (non-hydrogen) atoms. The Balaban J connectivity index is 1.90. The number of rotatable bonds is 6. The van der Waals surface area contributed by atoms with Gasteiger partial charge in [0.1, 0.15) is 0 Å². The minimum Gasteiger partial charge on any atom is -0.396 e. The number of unbranched alkanes of at least 4 members (excludes halogenated alkanes) is 1. The molecule has 0 atom stereocenters. The second kappa shape index (κ2) is 6.56. The van der Waals surface area contributed by atoms with Gasteiger partial charge in [0.2, 0.25) is 0 Å². The molecule has 0 bridgehead atoms. The minimum atomic E-state index is 0.0943. The van der Waals surface area contributed by atoms with Crippen LogP contribution < -0.4 is 0 Å². The molecule has 1 aliphatic rings. The molecule has 0 aliphatic heterocycles. The molecule has 0 radical (unpaired) electrons. The van der Waals surface area contributed by atoms with Crippen LogP contribution in [0, 0.1) is 11.3 Å². The van der Waals surface area contributed by atoms with E-state index in [1.807, 2.05) is 17.9 Å². The average Bonchev–Trinajstić information content (AvgIpc) is 2.83. The first-order valence-electron chi connectivity index (χ1n) is 7.77. The Morgan fingerprint density at radius 3 is 2.68 bits per heavy atom. The molecule has 0 saturated heterocycles. The number of nitrogens with zero attached hydrogens (tertiary/aromatic N) is 2. The quantitative estimate of drug-likeness (QED) is 0.856. The van der Waals surface area contributed by atoms with Gasteiger partial charge >= 0.3 is 0 Å². The average molecular weight is 264 g/mol. The van der Waals surface area contributed by atoms with Crippen molar-refractivity contribution >= 4 is 0 Å². The Bertz CT molecular complexity index is 378. The normalized spacial score (nSPS) is 27.6. The molecule has 1 N–H and O–H groups in total. The van der Waals surface area contributed by atoms with E-state index in [9.17, 15) is 5.11 Å². The third-order valence-corrected chi connectivity index (χ3v) is 4.79. The summed E-state index contributed by atoms with van der Waals surface area (Å²) in [5.74, 6) is 0.892. The predicted octanol–water partition coefficient (Wildman–Crippen LogP) is 3.32. The number of aromatic nitrogens is 2. The van der Waals surface area contributed by atoms with E-state index in [2.05, 4.69) is 18.1 Å². The molecule has 3 nitrogen and oxygen atoms in total. The van der Waals surface area contributed by atoms with Gasteiger partial charge in [-0.2, -0.15) is 5.10 Å². The summed E-state index contributed by atoms with van der Waals surface area (Å²) in [4.78, 5) is 0. The summed E-state index contributed by atoms with van der Waals surface area (Å²) in [7, 11) is 1.96. The lowest BCUT2D eigenvalue weighted by atomic mass is 9.68. The van der Waals surface area contributed by atoms with Crippen molar-refractivity contribution in [3.8, 4) is 0 Å². The highest BCUT2D eigenvalue weighted by atomic mass is 16.3. The van der Waals surface area contributed by atoms with E-state index < -0.39 is 0 Å². The van der Waals surface area contributed by atoms with Crippen molar-refractivity contribution in [2.24, 2.45) is 18.4 Å². The van der Waals surface area contributed by atoms with Gasteiger partial charge in [0.15, 0.2) is 0 Å². The molecule has 1 aliphatic carbocycles. The van der Waals surface area contributed by atoms with E-state index in [0.717, 1.165) is 30.9 Å². The van der Waals surface area contributed by atoms with Crippen molar-refractivity contribution in [3.63, 3.8) is 0 Å². The summed E-state index contributed by atoms with van der Waals surface area (Å²) < 4.78 is 1.85. The monoisotopic (exact) mass is 264 g/mol. The van der Waals surface area contributed by atoms with Crippen LogP contribution in [0.4, 0.5) is 0 Å². The number of aliphatic hydroxyl groups is 1. The molecular formula is C16H28N2O. The number of aliphatic hydroxyl groups excluding tert-OH is 1. The van der Waals surface area contributed by atoms with E-state index in [4.69, 9.17) is 0 Å². The van der Waals surface area contributed by atoms with Crippen LogP contribution in [0.1, 0.15) is 57.6 Å². The maximum atomic E-state index is 9.84. The smallest absolute Gasteiger partial charge is 0.0630 e. The van der Waals surface area contributed by atoms with Crippen molar-refractivity contribution in [1.82, 2.24) is 9.78 Å². The van der Waals surface area contributed by atoms with E-state index >= 15 is 0 Å². The van der Waals surface area contributed by atoms with Gasteiger partial charge in [-0.25, -0.2) is 0 Å². The van der Waals surface area contributed by atoms with Crippen LogP contribution in [0.15, 0.2) is 12.3 Å². The van der Waals surface area contributed by atoms with Gasteiger partial charge in [-0.05, 0) is 49.5 Å². The zero-order chi connectivity index (χ0) is 13.7. The Morgan fingerprint density at radius 2 is 2.16 bits per heavy atom. The van der Waals surface area contributed by atoms with Crippen LogP contribution >= 0.6 is 0 Å². The van der Waals surface area contributed by atoms with E-state index in [-0.39, 0.29) is 5.41 Å². The molecule has 2 rings (SSSR count). The summed E-state index contributed by atoms with van der Waals surface area (Å²) in [6, 6.07) is 2.08. The predicted molar refractivity (Wildman–Crippen MR) is 77.9 cm³/mol. The molecule has 0 amide bonds. The molecule has 1 fully saturated rings. The fraction of sp³-hybridized carbons (Fsp3) is 0.812. The van der Waals surface area contributed by atoms with Crippen molar-refractivity contribution < 1.29 is 5.11 Å². The summed E-state index contributed by atoms with van der Waals surface area (Å²) in [6.07, 6.45) is 11.9. The standard InChI is InChI=1S/C16H28N2O/c1-3-4-5-14-6-9-16(13-19,10-7-14)12-15-8-11-18(2)17-15/h8,11,14,19H,3-7,9-10,12-13H2,1-2H3. The third-order valence-electron chi connectivity index (χ3n) is 4.79. The van der Waals surface area contributed by atoms with E-state index in [1.165, 1.54) is 32.1 Å².